The molecule has 5 rings (SSSR count). The molecule has 180 valence electrons. The monoisotopic (exact) mass is 466 g/mol. The third kappa shape index (κ3) is 4.64. The number of carboxylic acids is 1. The number of nitrogens with zero attached hydrogens (tertiary/aromatic N) is 3. The average Bonchev–Trinajstić information content (AvgIpc) is 2.95. The van der Waals surface area contributed by atoms with E-state index in [9.17, 15) is 9.59 Å². The van der Waals surface area contributed by atoms with Gasteiger partial charge in [0.1, 0.15) is 24.1 Å². The lowest BCUT2D eigenvalue weighted by Crippen LogP contribution is -2.33. The molecule has 3 aliphatic rings. The standard InChI is InChI=1S/C25H30N4O5/c26-22-21-23(28-25(27-22)34-19-2-1-3-19)33-13-12-29(24(21)32)18-10-8-17(9-11-18)16-6-4-15(5-7-16)14-20(30)31/h8-11,15-16,19H,1-7,12-14H2,(H,30,31)(H2,26,27,28). The van der Waals surface area contributed by atoms with E-state index in [4.69, 9.17) is 20.3 Å². The third-order valence-electron chi connectivity index (χ3n) is 7.21. The van der Waals surface area contributed by atoms with E-state index >= 15 is 0 Å². The maximum Gasteiger partial charge on any atom is 0.322 e. The summed E-state index contributed by atoms with van der Waals surface area (Å²) in [7, 11) is 0. The van der Waals surface area contributed by atoms with Crippen LogP contribution in [0.15, 0.2) is 24.3 Å². The van der Waals surface area contributed by atoms with Gasteiger partial charge >= 0.3 is 12.0 Å². The maximum atomic E-state index is 13.4. The Morgan fingerprint density at radius 3 is 2.50 bits per heavy atom. The molecule has 9 nitrogen and oxygen atoms in total. The zero-order chi connectivity index (χ0) is 23.7. The number of amides is 1. The number of nitrogen functional groups attached to an aromatic ring is 1. The molecule has 0 saturated heterocycles. The number of benzene rings is 1. The molecule has 0 bridgehead atoms. The van der Waals surface area contributed by atoms with Gasteiger partial charge in [0.15, 0.2) is 0 Å². The first-order valence-electron chi connectivity index (χ1n) is 12.1. The van der Waals surface area contributed by atoms with Gasteiger partial charge in [0.05, 0.1) is 6.54 Å². The van der Waals surface area contributed by atoms with Crippen molar-refractivity contribution in [3.8, 4) is 11.9 Å². The van der Waals surface area contributed by atoms with E-state index in [1.807, 2.05) is 12.1 Å². The number of anilines is 2. The fourth-order valence-electron chi connectivity index (χ4n) is 5.02. The van der Waals surface area contributed by atoms with Gasteiger partial charge in [-0.3, -0.25) is 9.59 Å². The van der Waals surface area contributed by atoms with Gasteiger partial charge in [0.2, 0.25) is 5.88 Å². The number of ether oxygens (including phenoxy) is 2. The van der Waals surface area contributed by atoms with E-state index in [0.29, 0.717) is 12.5 Å². The Morgan fingerprint density at radius 1 is 1.12 bits per heavy atom. The molecule has 2 aliphatic carbocycles. The topological polar surface area (TPSA) is 128 Å². The fraction of sp³-hybridized carbons (Fsp3) is 0.520. The Labute approximate surface area is 198 Å². The van der Waals surface area contributed by atoms with Gasteiger partial charge in [-0.25, -0.2) is 0 Å². The minimum atomic E-state index is -0.714. The van der Waals surface area contributed by atoms with Crippen LogP contribution in [-0.4, -0.2) is 46.2 Å². The highest BCUT2D eigenvalue weighted by atomic mass is 16.5. The lowest BCUT2D eigenvalue weighted by Gasteiger charge is -2.28. The van der Waals surface area contributed by atoms with Crippen LogP contribution in [0.2, 0.25) is 0 Å². The number of carbonyl (C=O) groups is 2. The number of carboxylic acid groups (broad SMARTS) is 1. The first-order valence-corrected chi connectivity index (χ1v) is 12.1. The minimum absolute atomic E-state index is 0.0611. The predicted molar refractivity (Wildman–Crippen MR) is 125 cm³/mol. The smallest absolute Gasteiger partial charge is 0.322 e. The zero-order valence-electron chi connectivity index (χ0n) is 19.1. The summed E-state index contributed by atoms with van der Waals surface area (Å²) in [4.78, 5) is 34.5. The lowest BCUT2D eigenvalue weighted by atomic mass is 9.77. The van der Waals surface area contributed by atoms with Crippen molar-refractivity contribution in [3.63, 3.8) is 0 Å². The highest BCUT2D eigenvalue weighted by molar-refractivity contribution is 6.10. The first-order chi connectivity index (χ1) is 16.5. The maximum absolute atomic E-state index is 13.4. The SMILES string of the molecule is Nc1nc(OC2CCC2)nc2c1C(=O)N(c1ccc(C3CCC(CC(=O)O)CC3)cc1)CCO2. The molecule has 2 aromatic rings. The number of carbonyl (C=O) groups excluding carboxylic acids is 1. The molecule has 2 heterocycles. The minimum Gasteiger partial charge on any atom is -0.481 e. The van der Waals surface area contributed by atoms with Gasteiger partial charge in [-0.2, -0.15) is 9.97 Å². The Balaban J connectivity index is 1.29. The molecule has 2 fully saturated rings. The van der Waals surface area contributed by atoms with Crippen LogP contribution < -0.4 is 20.1 Å². The van der Waals surface area contributed by atoms with Gasteiger partial charge in [0, 0.05) is 12.1 Å². The van der Waals surface area contributed by atoms with Crippen molar-refractivity contribution < 1.29 is 24.2 Å². The second-order valence-corrected chi connectivity index (χ2v) is 9.45. The summed E-state index contributed by atoms with van der Waals surface area (Å²) in [5, 5.41) is 9.02. The number of hydrogen-bond donors (Lipinski definition) is 2. The number of aliphatic carboxylic acids is 1. The molecule has 1 amide bonds. The van der Waals surface area contributed by atoms with Crippen molar-refractivity contribution in [3.05, 3.63) is 35.4 Å². The molecule has 3 N–H and O–H groups in total. The number of nitrogens with two attached hydrogens (primary N) is 1. The molecular formula is C25H30N4O5. The van der Waals surface area contributed by atoms with Gasteiger partial charge in [-0.05, 0) is 74.5 Å². The van der Waals surface area contributed by atoms with Crippen LogP contribution in [-0.2, 0) is 4.79 Å². The van der Waals surface area contributed by atoms with Crippen molar-refractivity contribution in [2.75, 3.05) is 23.8 Å². The van der Waals surface area contributed by atoms with Crippen molar-refractivity contribution in [1.29, 1.82) is 0 Å². The summed E-state index contributed by atoms with van der Waals surface area (Å²) in [6.07, 6.45) is 7.25. The number of rotatable bonds is 6. The summed E-state index contributed by atoms with van der Waals surface area (Å²) in [6, 6.07) is 8.18. The molecule has 2 saturated carbocycles. The van der Waals surface area contributed by atoms with Gasteiger partial charge in [-0.1, -0.05) is 12.1 Å². The van der Waals surface area contributed by atoms with Crippen LogP contribution in [0, 0.1) is 5.92 Å². The fourth-order valence-corrected chi connectivity index (χ4v) is 5.02. The van der Waals surface area contributed by atoms with Crippen LogP contribution in [0.3, 0.4) is 0 Å². The molecule has 0 unspecified atom stereocenters. The average molecular weight is 467 g/mol. The molecule has 0 atom stereocenters. The molecule has 1 aliphatic heterocycles. The molecule has 0 spiro atoms. The van der Waals surface area contributed by atoms with E-state index in [0.717, 1.165) is 50.6 Å². The van der Waals surface area contributed by atoms with Crippen LogP contribution in [0.1, 0.15) is 73.2 Å². The van der Waals surface area contributed by atoms with Gasteiger partial charge in [-0.15, -0.1) is 0 Å². The van der Waals surface area contributed by atoms with Crippen LogP contribution >= 0.6 is 0 Å². The van der Waals surface area contributed by atoms with Crippen LogP contribution in [0.5, 0.6) is 11.9 Å². The molecule has 1 aromatic carbocycles. The number of aromatic nitrogens is 2. The van der Waals surface area contributed by atoms with E-state index < -0.39 is 5.97 Å². The van der Waals surface area contributed by atoms with Crippen molar-refractivity contribution in [2.45, 2.75) is 63.4 Å². The van der Waals surface area contributed by atoms with Crippen molar-refractivity contribution in [1.82, 2.24) is 9.97 Å². The highest BCUT2D eigenvalue weighted by Crippen LogP contribution is 2.38. The Bertz CT molecular complexity index is 1060. The van der Waals surface area contributed by atoms with Crippen molar-refractivity contribution in [2.24, 2.45) is 5.92 Å². The number of fused-ring (bicyclic) bond motifs is 1. The largest absolute Gasteiger partial charge is 0.481 e. The van der Waals surface area contributed by atoms with E-state index in [-0.39, 0.29) is 54.2 Å². The van der Waals surface area contributed by atoms with Crippen LogP contribution in [0.25, 0.3) is 0 Å². The zero-order valence-corrected chi connectivity index (χ0v) is 19.1. The predicted octanol–water partition coefficient (Wildman–Crippen LogP) is 3.78. The first kappa shape index (κ1) is 22.4. The molecule has 9 heteroatoms. The molecule has 1 aromatic heterocycles. The lowest BCUT2D eigenvalue weighted by molar-refractivity contribution is -0.138. The summed E-state index contributed by atoms with van der Waals surface area (Å²) in [5.41, 5.74) is 8.29. The van der Waals surface area contributed by atoms with Gasteiger partial charge in [0.25, 0.3) is 5.91 Å². The van der Waals surface area contributed by atoms with E-state index in [1.165, 1.54) is 5.56 Å². The molecule has 0 radical (unpaired) electrons. The van der Waals surface area contributed by atoms with Gasteiger partial charge < -0.3 is 25.2 Å². The summed E-state index contributed by atoms with van der Waals surface area (Å²) in [5.74, 6) is -0.0815. The quantitative estimate of drug-likeness (QED) is 0.658. The van der Waals surface area contributed by atoms with E-state index in [2.05, 4.69) is 22.1 Å². The molecule has 34 heavy (non-hydrogen) atoms. The molecular weight excluding hydrogens is 436 g/mol. The summed E-state index contributed by atoms with van der Waals surface area (Å²) < 4.78 is 11.5. The third-order valence-corrected chi connectivity index (χ3v) is 7.21. The Morgan fingerprint density at radius 2 is 1.85 bits per heavy atom. The highest BCUT2D eigenvalue weighted by Gasteiger charge is 2.31. The normalized spacial score (nSPS) is 22.8. The Hall–Kier alpha value is -3.36. The second-order valence-electron chi connectivity index (χ2n) is 9.45. The summed E-state index contributed by atoms with van der Waals surface area (Å²) in [6.45, 7) is 0.653. The Kier molecular flexibility index (Phi) is 6.26. The van der Waals surface area contributed by atoms with Crippen molar-refractivity contribution >= 4 is 23.4 Å². The number of hydrogen-bond acceptors (Lipinski definition) is 7. The van der Waals surface area contributed by atoms with E-state index in [1.54, 1.807) is 4.90 Å². The van der Waals surface area contributed by atoms with Crippen LogP contribution in [0.4, 0.5) is 11.5 Å². The second kappa shape index (κ2) is 9.48. The summed E-state index contributed by atoms with van der Waals surface area (Å²) >= 11 is 0.